The number of rotatable bonds is 2. The van der Waals surface area contributed by atoms with Gasteiger partial charge in [-0.15, -0.1) is 0 Å². The predicted molar refractivity (Wildman–Crippen MR) is 52.1 cm³/mol. The fourth-order valence-corrected chi connectivity index (χ4v) is 1.15. The van der Waals surface area contributed by atoms with Crippen molar-refractivity contribution in [3.8, 4) is 0 Å². The standard InChI is InChI=1S/C10H10ClFO/c1-7(13)2-3-8-4-9(11)6-10(12)5-8/h2-7,13H,1H3/b3-2+. The van der Waals surface area contributed by atoms with Crippen molar-refractivity contribution in [1.82, 2.24) is 0 Å². The molecule has 0 aliphatic carbocycles. The van der Waals surface area contributed by atoms with E-state index in [1.54, 1.807) is 25.1 Å². The first-order chi connectivity index (χ1) is 6.08. The lowest BCUT2D eigenvalue weighted by Gasteiger charge is -1.97. The summed E-state index contributed by atoms with van der Waals surface area (Å²) < 4.78 is 12.8. The molecule has 1 atom stereocenters. The molecule has 1 aromatic rings. The summed E-state index contributed by atoms with van der Waals surface area (Å²) in [6.07, 6.45) is 2.65. The highest BCUT2D eigenvalue weighted by molar-refractivity contribution is 6.30. The van der Waals surface area contributed by atoms with Crippen molar-refractivity contribution in [2.75, 3.05) is 0 Å². The molecule has 0 aromatic heterocycles. The first-order valence-electron chi connectivity index (χ1n) is 3.90. The van der Waals surface area contributed by atoms with Gasteiger partial charge in [0, 0.05) is 5.02 Å². The Bertz CT molecular complexity index is 300. The van der Waals surface area contributed by atoms with Gasteiger partial charge in [-0.2, -0.15) is 0 Å². The lowest BCUT2D eigenvalue weighted by molar-refractivity contribution is 0.245. The molecule has 0 aliphatic heterocycles. The number of hydrogen-bond acceptors (Lipinski definition) is 1. The van der Waals surface area contributed by atoms with Crippen LogP contribution < -0.4 is 0 Å². The lowest BCUT2D eigenvalue weighted by atomic mass is 10.2. The van der Waals surface area contributed by atoms with Crippen molar-refractivity contribution < 1.29 is 9.50 Å². The molecule has 0 bridgehead atoms. The molecule has 0 amide bonds. The Morgan fingerprint density at radius 2 is 2.15 bits per heavy atom. The number of benzene rings is 1. The molecular weight excluding hydrogens is 191 g/mol. The van der Waals surface area contributed by atoms with Gasteiger partial charge in [0.05, 0.1) is 6.10 Å². The Kier molecular flexibility index (Phi) is 3.46. The monoisotopic (exact) mass is 200 g/mol. The van der Waals surface area contributed by atoms with Crippen LogP contribution in [-0.4, -0.2) is 11.2 Å². The Labute approximate surface area is 81.5 Å². The summed E-state index contributed by atoms with van der Waals surface area (Å²) in [6.45, 7) is 1.62. The molecule has 0 saturated heterocycles. The van der Waals surface area contributed by atoms with E-state index in [1.165, 1.54) is 12.1 Å². The molecule has 1 aromatic carbocycles. The third kappa shape index (κ3) is 3.57. The van der Waals surface area contributed by atoms with Gasteiger partial charge in [-0.1, -0.05) is 23.8 Å². The van der Waals surface area contributed by atoms with E-state index in [4.69, 9.17) is 16.7 Å². The number of aliphatic hydroxyl groups is 1. The predicted octanol–water partition coefficient (Wildman–Crippen LogP) is 2.87. The summed E-state index contributed by atoms with van der Waals surface area (Å²) in [5.74, 6) is -0.377. The number of aliphatic hydroxyl groups excluding tert-OH is 1. The van der Waals surface area contributed by atoms with Crippen molar-refractivity contribution in [2.45, 2.75) is 13.0 Å². The first kappa shape index (κ1) is 10.2. The second-order valence-electron chi connectivity index (χ2n) is 2.80. The SMILES string of the molecule is CC(O)/C=C/c1cc(F)cc(Cl)c1. The molecule has 0 spiro atoms. The number of halogens is 2. The van der Waals surface area contributed by atoms with Crippen molar-refractivity contribution in [1.29, 1.82) is 0 Å². The molecule has 0 radical (unpaired) electrons. The van der Waals surface area contributed by atoms with E-state index in [0.29, 0.717) is 10.6 Å². The highest BCUT2D eigenvalue weighted by atomic mass is 35.5. The third-order valence-electron chi connectivity index (χ3n) is 1.45. The highest BCUT2D eigenvalue weighted by Crippen LogP contribution is 2.15. The summed E-state index contributed by atoms with van der Waals surface area (Å²) in [6, 6.07) is 4.22. The minimum atomic E-state index is -0.540. The molecule has 1 unspecified atom stereocenters. The van der Waals surface area contributed by atoms with Crippen LogP contribution in [0.5, 0.6) is 0 Å². The molecular formula is C10H10ClFO. The molecule has 0 aliphatic rings. The zero-order valence-electron chi connectivity index (χ0n) is 7.17. The maximum absolute atomic E-state index is 12.8. The second-order valence-corrected chi connectivity index (χ2v) is 3.24. The molecule has 1 rings (SSSR count). The van der Waals surface area contributed by atoms with Crippen LogP contribution >= 0.6 is 11.6 Å². The minimum Gasteiger partial charge on any atom is -0.389 e. The van der Waals surface area contributed by atoms with Crippen LogP contribution in [0.25, 0.3) is 6.08 Å². The summed E-state index contributed by atoms with van der Waals surface area (Å²) in [4.78, 5) is 0. The fraction of sp³-hybridized carbons (Fsp3) is 0.200. The zero-order valence-corrected chi connectivity index (χ0v) is 7.92. The van der Waals surface area contributed by atoms with Crippen LogP contribution in [-0.2, 0) is 0 Å². The van der Waals surface area contributed by atoms with Crippen LogP contribution in [0.3, 0.4) is 0 Å². The average molecular weight is 201 g/mol. The summed E-state index contributed by atoms with van der Waals surface area (Å²) in [5, 5.41) is 9.29. The molecule has 3 heteroatoms. The molecule has 0 saturated carbocycles. The van der Waals surface area contributed by atoms with Crippen molar-refractivity contribution in [2.24, 2.45) is 0 Å². The molecule has 1 N–H and O–H groups in total. The van der Waals surface area contributed by atoms with Gasteiger partial charge in [-0.25, -0.2) is 4.39 Å². The topological polar surface area (TPSA) is 20.2 Å². The van der Waals surface area contributed by atoms with Crippen LogP contribution in [0, 0.1) is 5.82 Å². The maximum atomic E-state index is 12.8. The zero-order chi connectivity index (χ0) is 9.84. The number of hydrogen-bond donors (Lipinski definition) is 1. The summed E-state index contributed by atoms with van der Waals surface area (Å²) in [5.41, 5.74) is 0.644. The van der Waals surface area contributed by atoms with Crippen molar-refractivity contribution in [3.05, 3.63) is 40.7 Å². The van der Waals surface area contributed by atoms with Crippen LogP contribution in [0.4, 0.5) is 4.39 Å². The molecule has 0 fully saturated rings. The second kappa shape index (κ2) is 4.40. The Balaban J connectivity index is 2.89. The Morgan fingerprint density at radius 1 is 1.46 bits per heavy atom. The van der Waals surface area contributed by atoms with E-state index < -0.39 is 6.10 Å². The van der Waals surface area contributed by atoms with Crippen LogP contribution in [0.2, 0.25) is 5.02 Å². The highest BCUT2D eigenvalue weighted by Gasteiger charge is 1.96. The Hall–Kier alpha value is -0.860. The van der Waals surface area contributed by atoms with E-state index in [0.717, 1.165) is 0 Å². The largest absolute Gasteiger partial charge is 0.389 e. The maximum Gasteiger partial charge on any atom is 0.125 e. The van der Waals surface area contributed by atoms with Crippen molar-refractivity contribution in [3.63, 3.8) is 0 Å². The fourth-order valence-electron chi connectivity index (χ4n) is 0.922. The van der Waals surface area contributed by atoms with Gasteiger partial charge in [0.1, 0.15) is 5.82 Å². The average Bonchev–Trinajstić information content (AvgIpc) is 1.99. The van der Waals surface area contributed by atoms with E-state index in [2.05, 4.69) is 0 Å². The van der Waals surface area contributed by atoms with Gasteiger partial charge < -0.3 is 5.11 Å². The Morgan fingerprint density at radius 3 is 2.69 bits per heavy atom. The quantitative estimate of drug-likeness (QED) is 0.779. The summed E-state index contributed by atoms with van der Waals surface area (Å²) >= 11 is 5.63. The van der Waals surface area contributed by atoms with Crippen molar-refractivity contribution >= 4 is 17.7 Å². The lowest BCUT2D eigenvalue weighted by Crippen LogP contribution is -1.91. The van der Waals surface area contributed by atoms with E-state index in [-0.39, 0.29) is 5.82 Å². The van der Waals surface area contributed by atoms with Gasteiger partial charge in [-0.05, 0) is 30.7 Å². The minimum absolute atomic E-state index is 0.352. The van der Waals surface area contributed by atoms with Gasteiger partial charge in [0.25, 0.3) is 0 Å². The smallest absolute Gasteiger partial charge is 0.125 e. The van der Waals surface area contributed by atoms with Crippen LogP contribution in [0.15, 0.2) is 24.3 Å². The van der Waals surface area contributed by atoms with Crippen LogP contribution in [0.1, 0.15) is 12.5 Å². The third-order valence-corrected chi connectivity index (χ3v) is 1.67. The first-order valence-corrected chi connectivity index (χ1v) is 4.28. The van der Waals surface area contributed by atoms with E-state index >= 15 is 0 Å². The van der Waals surface area contributed by atoms with Gasteiger partial charge in [-0.3, -0.25) is 0 Å². The van der Waals surface area contributed by atoms with E-state index in [9.17, 15) is 4.39 Å². The van der Waals surface area contributed by atoms with Gasteiger partial charge in [0.2, 0.25) is 0 Å². The summed E-state index contributed by atoms with van der Waals surface area (Å²) in [7, 11) is 0. The molecule has 70 valence electrons. The molecule has 13 heavy (non-hydrogen) atoms. The normalized spacial score (nSPS) is 13.5. The van der Waals surface area contributed by atoms with Gasteiger partial charge >= 0.3 is 0 Å². The van der Waals surface area contributed by atoms with E-state index in [1.807, 2.05) is 0 Å². The molecule has 0 heterocycles. The van der Waals surface area contributed by atoms with Gasteiger partial charge in [0.15, 0.2) is 0 Å². The molecule has 1 nitrogen and oxygen atoms in total.